The van der Waals surface area contributed by atoms with E-state index in [-0.39, 0.29) is 5.66 Å². The zero-order chi connectivity index (χ0) is 8.89. The predicted molar refractivity (Wildman–Crippen MR) is 53.8 cm³/mol. The molecule has 3 heteroatoms. The summed E-state index contributed by atoms with van der Waals surface area (Å²) in [4.78, 5) is 0. The zero-order valence-corrected chi connectivity index (χ0v) is 8.71. The van der Waals surface area contributed by atoms with Gasteiger partial charge in [-0.15, -0.1) is 0 Å². The summed E-state index contributed by atoms with van der Waals surface area (Å²) in [7, 11) is 0. The van der Waals surface area contributed by atoms with Gasteiger partial charge in [0, 0.05) is 17.3 Å². The molecule has 1 aromatic carbocycles. The fourth-order valence-electron chi connectivity index (χ4n) is 1.97. The summed E-state index contributed by atoms with van der Waals surface area (Å²) in [5, 5.41) is 8.26. The van der Waals surface area contributed by atoms with Gasteiger partial charge in [-0.3, -0.25) is 0 Å². The van der Waals surface area contributed by atoms with Crippen LogP contribution < -0.4 is 0 Å². The molecule has 0 N–H and O–H groups in total. The van der Waals surface area contributed by atoms with Crippen LogP contribution in [0.25, 0.3) is 0 Å². The number of benzene rings is 1. The minimum atomic E-state index is 0.000823. The van der Waals surface area contributed by atoms with E-state index in [0.717, 1.165) is 19.3 Å². The van der Waals surface area contributed by atoms with E-state index >= 15 is 0 Å². The second-order valence-electron chi connectivity index (χ2n) is 3.77. The maximum atomic E-state index is 4.13. The molecular formula is C10H9BrN2. The summed E-state index contributed by atoms with van der Waals surface area (Å²) in [5.74, 6) is 0. The minimum Gasteiger partial charge on any atom is -0.159 e. The molecule has 13 heavy (non-hydrogen) atoms. The van der Waals surface area contributed by atoms with Crippen molar-refractivity contribution in [3.8, 4) is 0 Å². The Labute approximate surface area is 85.2 Å². The zero-order valence-electron chi connectivity index (χ0n) is 7.13. The van der Waals surface area contributed by atoms with Crippen LogP contribution in [0.3, 0.4) is 0 Å². The molecule has 66 valence electrons. The summed E-state index contributed by atoms with van der Waals surface area (Å²) in [6.07, 6.45) is 3.22. The highest BCUT2D eigenvalue weighted by Crippen LogP contribution is 2.41. The SMILES string of the molecule is Brc1ccc2c(c1)CCC1(C2)N=N1. The van der Waals surface area contributed by atoms with Crippen LogP contribution in [-0.2, 0) is 12.8 Å². The smallest absolute Gasteiger partial charge is 0.159 e. The van der Waals surface area contributed by atoms with Gasteiger partial charge in [0.2, 0.25) is 0 Å². The number of fused-ring (bicyclic) bond motifs is 1. The Hall–Kier alpha value is -0.700. The van der Waals surface area contributed by atoms with E-state index in [0.29, 0.717) is 0 Å². The van der Waals surface area contributed by atoms with Gasteiger partial charge >= 0.3 is 0 Å². The second-order valence-corrected chi connectivity index (χ2v) is 4.69. The number of halogens is 1. The van der Waals surface area contributed by atoms with Crippen LogP contribution >= 0.6 is 15.9 Å². The molecule has 3 rings (SSSR count). The highest BCUT2D eigenvalue weighted by molar-refractivity contribution is 9.10. The Balaban J connectivity index is 2.01. The van der Waals surface area contributed by atoms with Crippen LogP contribution in [0.2, 0.25) is 0 Å². The van der Waals surface area contributed by atoms with Crippen LogP contribution in [0, 0.1) is 0 Å². The third-order valence-corrected chi connectivity index (χ3v) is 3.31. The Morgan fingerprint density at radius 3 is 2.85 bits per heavy atom. The predicted octanol–water partition coefficient (Wildman–Crippen LogP) is 3.10. The largest absolute Gasteiger partial charge is 0.195 e. The lowest BCUT2D eigenvalue weighted by Crippen LogP contribution is -2.21. The van der Waals surface area contributed by atoms with E-state index in [4.69, 9.17) is 0 Å². The molecule has 1 aliphatic heterocycles. The molecule has 1 heterocycles. The van der Waals surface area contributed by atoms with Gasteiger partial charge in [-0.05, 0) is 29.7 Å². The van der Waals surface area contributed by atoms with Crippen LogP contribution in [0.1, 0.15) is 17.5 Å². The molecule has 0 fully saturated rings. The molecule has 0 unspecified atom stereocenters. The summed E-state index contributed by atoms with van der Waals surface area (Å²) < 4.78 is 1.17. The van der Waals surface area contributed by atoms with Gasteiger partial charge in [-0.25, -0.2) is 0 Å². The monoisotopic (exact) mass is 236 g/mol. The van der Waals surface area contributed by atoms with Crippen LogP contribution in [0.15, 0.2) is 32.9 Å². The summed E-state index contributed by atoms with van der Waals surface area (Å²) >= 11 is 3.49. The van der Waals surface area contributed by atoms with Gasteiger partial charge in [-0.1, -0.05) is 22.0 Å². The fraction of sp³-hybridized carbons (Fsp3) is 0.400. The van der Waals surface area contributed by atoms with E-state index in [1.54, 1.807) is 0 Å². The lowest BCUT2D eigenvalue weighted by Gasteiger charge is -2.20. The van der Waals surface area contributed by atoms with Crippen molar-refractivity contribution >= 4 is 15.9 Å². The van der Waals surface area contributed by atoms with E-state index in [1.807, 2.05) is 0 Å². The van der Waals surface area contributed by atoms with Crippen molar-refractivity contribution in [2.45, 2.75) is 24.9 Å². The van der Waals surface area contributed by atoms with Crippen molar-refractivity contribution in [2.24, 2.45) is 10.2 Å². The van der Waals surface area contributed by atoms with E-state index in [1.165, 1.54) is 15.6 Å². The third kappa shape index (κ3) is 1.22. The number of aryl methyl sites for hydroxylation is 1. The molecule has 0 saturated heterocycles. The molecule has 0 radical (unpaired) electrons. The summed E-state index contributed by atoms with van der Waals surface area (Å²) in [6, 6.07) is 6.49. The summed E-state index contributed by atoms with van der Waals surface area (Å²) in [6.45, 7) is 0. The second kappa shape index (κ2) is 2.41. The number of hydrogen-bond acceptors (Lipinski definition) is 2. The van der Waals surface area contributed by atoms with Gasteiger partial charge < -0.3 is 0 Å². The van der Waals surface area contributed by atoms with Gasteiger partial charge in [0.25, 0.3) is 0 Å². The first-order valence-corrected chi connectivity index (χ1v) is 5.28. The number of rotatable bonds is 0. The highest BCUT2D eigenvalue weighted by Gasteiger charge is 2.42. The Morgan fingerprint density at radius 2 is 2.08 bits per heavy atom. The van der Waals surface area contributed by atoms with Crippen LogP contribution in [0.5, 0.6) is 0 Å². The Morgan fingerprint density at radius 1 is 1.23 bits per heavy atom. The van der Waals surface area contributed by atoms with Gasteiger partial charge in [-0.2, -0.15) is 10.2 Å². The Bertz CT molecular complexity index is 392. The van der Waals surface area contributed by atoms with Crippen molar-refractivity contribution in [2.75, 3.05) is 0 Å². The molecule has 0 amide bonds. The first-order valence-electron chi connectivity index (χ1n) is 4.49. The topological polar surface area (TPSA) is 24.7 Å². The normalized spacial score (nSPS) is 21.6. The number of nitrogens with zero attached hydrogens (tertiary/aromatic N) is 2. The van der Waals surface area contributed by atoms with Crippen LogP contribution in [-0.4, -0.2) is 5.66 Å². The molecule has 0 atom stereocenters. The van der Waals surface area contributed by atoms with Crippen LogP contribution in [0.4, 0.5) is 0 Å². The summed E-state index contributed by atoms with van der Waals surface area (Å²) in [5.41, 5.74) is 2.87. The number of hydrogen-bond donors (Lipinski definition) is 0. The van der Waals surface area contributed by atoms with E-state index in [2.05, 4.69) is 44.4 Å². The lowest BCUT2D eigenvalue weighted by molar-refractivity contribution is 0.514. The van der Waals surface area contributed by atoms with E-state index in [9.17, 15) is 0 Å². The van der Waals surface area contributed by atoms with Crippen molar-refractivity contribution < 1.29 is 0 Å². The maximum absolute atomic E-state index is 4.13. The third-order valence-electron chi connectivity index (χ3n) is 2.82. The molecule has 1 aromatic rings. The van der Waals surface area contributed by atoms with Gasteiger partial charge in [0.1, 0.15) is 0 Å². The molecule has 0 aromatic heterocycles. The van der Waals surface area contributed by atoms with Crippen molar-refractivity contribution in [1.29, 1.82) is 0 Å². The van der Waals surface area contributed by atoms with Crippen molar-refractivity contribution in [1.82, 2.24) is 0 Å². The van der Waals surface area contributed by atoms with Crippen molar-refractivity contribution in [3.05, 3.63) is 33.8 Å². The first-order chi connectivity index (χ1) is 6.27. The average molecular weight is 237 g/mol. The molecule has 2 aliphatic rings. The fourth-order valence-corrected chi connectivity index (χ4v) is 2.38. The van der Waals surface area contributed by atoms with Gasteiger partial charge in [0.15, 0.2) is 5.66 Å². The van der Waals surface area contributed by atoms with E-state index < -0.39 is 0 Å². The molecule has 1 spiro atoms. The lowest BCUT2D eigenvalue weighted by atomic mass is 9.86. The van der Waals surface area contributed by atoms with Crippen molar-refractivity contribution in [3.63, 3.8) is 0 Å². The molecular weight excluding hydrogens is 228 g/mol. The Kier molecular flexibility index (Phi) is 1.42. The average Bonchev–Trinajstić information content (AvgIpc) is 2.87. The minimum absolute atomic E-state index is 0.000823. The molecule has 0 saturated carbocycles. The molecule has 1 aliphatic carbocycles. The molecule has 0 bridgehead atoms. The quantitative estimate of drug-likeness (QED) is 0.662. The first kappa shape index (κ1) is 7.68. The highest BCUT2D eigenvalue weighted by atomic mass is 79.9. The standard InChI is InChI=1S/C10H9BrN2/c11-9-2-1-8-6-10(12-13-10)4-3-7(8)5-9/h1-2,5H,3-4,6H2. The van der Waals surface area contributed by atoms with Gasteiger partial charge in [0.05, 0.1) is 0 Å². The molecule has 2 nitrogen and oxygen atoms in total. The maximum Gasteiger partial charge on any atom is 0.195 e.